The number of hydrogen-bond acceptors (Lipinski definition) is 4. The van der Waals surface area contributed by atoms with Gasteiger partial charge < -0.3 is 9.80 Å². The van der Waals surface area contributed by atoms with E-state index in [-0.39, 0.29) is 11.8 Å². The van der Waals surface area contributed by atoms with Gasteiger partial charge in [0.15, 0.2) is 5.17 Å². The molecule has 2 heterocycles. The average molecular weight is 315 g/mol. The van der Waals surface area contributed by atoms with E-state index in [0.717, 1.165) is 23.8 Å². The third kappa shape index (κ3) is 3.22. The Balaban J connectivity index is 1.66. The van der Waals surface area contributed by atoms with Crippen LogP contribution in [0, 0.1) is 0 Å². The Kier molecular flexibility index (Phi) is 4.29. The molecule has 2 aliphatic rings. The fourth-order valence-electron chi connectivity index (χ4n) is 2.45. The second-order valence-electron chi connectivity index (χ2n) is 5.21. The van der Waals surface area contributed by atoms with E-state index in [1.807, 2.05) is 41.3 Å². The number of hydrogen-bond donors (Lipinski definition) is 0. The van der Waals surface area contributed by atoms with E-state index in [4.69, 9.17) is 0 Å². The van der Waals surface area contributed by atoms with Crippen molar-refractivity contribution in [2.45, 2.75) is 6.92 Å². The van der Waals surface area contributed by atoms with Gasteiger partial charge in [0.1, 0.15) is 0 Å². The molecular formula is C16H17N3O2S. The van der Waals surface area contributed by atoms with Crippen molar-refractivity contribution in [1.82, 2.24) is 9.80 Å². The number of amidine groups is 1. The van der Waals surface area contributed by atoms with Crippen LogP contribution in [0.1, 0.15) is 12.5 Å². The molecule has 114 valence electrons. The quantitative estimate of drug-likeness (QED) is 0.742. The maximum atomic E-state index is 12.0. The van der Waals surface area contributed by atoms with Crippen molar-refractivity contribution in [2.24, 2.45) is 4.99 Å². The van der Waals surface area contributed by atoms with E-state index >= 15 is 0 Å². The first-order valence-corrected chi connectivity index (χ1v) is 8.03. The first-order chi connectivity index (χ1) is 10.6. The normalized spacial score (nSPS) is 20.5. The molecule has 0 bridgehead atoms. The highest BCUT2D eigenvalue weighted by atomic mass is 32.2. The van der Waals surface area contributed by atoms with Gasteiger partial charge in [-0.25, -0.2) is 0 Å². The van der Waals surface area contributed by atoms with Crippen LogP contribution in [-0.4, -0.2) is 53.0 Å². The average Bonchev–Trinajstić information content (AvgIpc) is 2.89. The number of benzene rings is 1. The number of amides is 2. The van der Waals surface area contributed by atoms with Crippen molar-refractivity contribution in [3.05, 3.63) is 40.8 Å². The molecule has 6 heteroatoms. The number of rotatable bonds is 1. The fraction of sp³-hybridized carbons (Fsp3) is 0.312. The zero-order chi connectivity index (χ0) is 15.5. The third-order valence-electron chi connectivity index (χ3n) is 3.70. The van der Waals surface area contributed by atoms with Crippen molar-refractivity contribution in [3.63, 3.8) is 0 Å². The van der Waals surface area contributed by atoms with Gasteiger partial charge in [0, 0.05) is 33.1 Å². The number of piperazine rings is 1. The van der Waals surface area contributed by atoms with Crippen LogP contribution in [0.2, 0.25) is 0 Å². The molecule has 1 fully saturated rings. The fourth-order valence-corrected chi connectivity index (χ4v) is 3.41. The molecule has 2 aliphatic heterocycles. The van der Waals surface area contributed by atoms with Crippen molar-refractivity contribution in [3.8, 4) is 0 Å². The maximum absolute atomic E-state index is 12.0. The summed E-state index contributed by atoms with van der Waals surface area (Å²) >= 11 is 1.41. The lowest BCUT2D eigenvalue weighted by atomic mass is 10.2. The van der Waals surface area contributed by atoms with E-state index in [9.17, 15) is 9.59 Å². The largest absolute Gasteiger partial charge is 0.347 e. The summed E-state index contributed by atoms with van der Waals surface area (Å²) in [5, 5.41) is 0.746. The van der Waals surface area contributed by atoms with Crippen molar-refractivity contribution in [1.29, 1.82) is 0 Å². The summed E-state index contributed by atoms with van der Waals surface area (Å²) < 4.78 is 0. The molecule has 0 aliphatic carbocycles. The summed E-state index contributed by atoms with van der Waals surface area (Å²) in [5.74, 6) is -0.0840. The predicted octanol–water partition coefficient (Wildman–Crippen LogP) is 1.82. The van der Waals surface area contributed by atoms with Gasteiger partial charge in [0.05, 0.1) is 4.91 Å². The number of nitrogens with zero attached hydrogens (tertiary/aromatic N) is 3. The molecule has 0 spiro atoms. The zero-order valence-corrected chi connectivity index (χ0v) is 13.2. The monoisotopic (exact) mass is 315 g/mol. The Labute approximate surface area is 133 Å². The minimum Gasteiger partial charge on any atom is -0.347 e. The van der Waals surface area contributed by atoms with Crippen LogP contribution in [0.5, 0.6) is 0 Å². The molecule has 5 nitrogen and oxygen atoms in total. The van der Waals surface area contributed by atoms with E-state index in [2.05, 4.69) is 9.89 Å². The number of thioether (sulfide) groups is 1. The molecule has 22 heavy (non-hydrogen) atoms. The Morgan fingerprint density at radius 1 is 1.18 bits per heavy atom. The highest BCUT2D eigenvalue weighted by Gasteiger charge is 2.28. The highest BCUT2D eigenvalue weighted by Crippen LogP contribution is 2.30. The van der Waals surface area contributed by atoms with Crippen LogP contribution >= 0.6 is 11.8 Å². The standard InChI is InChI=1S/C16H17N3O2S/c1-12(20)18-7-9-19(10-8-18)16-17-15(21)14(22-16)11-13-5-3-2-4-6-13/h2-6,11H,7-10H2,1H3/b14-11-. The Hall–Kier alpha value is -2.08. The van der Waals surface area contributed by atoms with Gasteiger partial charge in [0.25, 0.3) is 5.91 Å². The molecule has 0 atom stereocenters. The van der Waals surface area contributed by atoms with E-state index < -0.39 is 0 Å². The highest BCUT2D eigenvalue weighted by molar-refractivity contribution is 8.18. The predicted molar refractivity (Wildman–Crippen MR) is 88.3 cm³/mol. The van der Waals surface area contributed by atoms with E-state index in [1.54, 1.807) is 6.92 Å². The Morgan fingerprint density at radius 2 is 1.86 bits per heavy atom. The van der Waals surface area contributed by atoms with Crippen LogP contribution < -0.4 is 0 Å². The van der Waals surface area contributed by atoms with Crippen LogP contribution in [0.4, 0.5) is 0 Å². The molecule has 3 rings (SSSR count). The molecule has 1 aromatic carbocycles. The second kappa shape index (κ2) is 6.36. The van der Waals surface area contributed by atoms with Gasteiger partial charge in [-0.05, 0) is 23.4 Å². The lowest BCUT2D eigenvalue weighted by molar-refractivity contribution is -0.130. The summed E-state index contributed by atoms with van der Waals surface area (Å²) in [7, 11) is 0. The lowest BCUT2D eigenvalue weighted by Gasteiger charge is -2.34. The van der Waals surface area contributed by atoms with Crippen LogP contribution in [-0.2, 0) is 9.59 Å². The topological polar surface area (TPSA) is 53.0 Å². The van der Waals surface area contributed by atoms with Crippen molar-refractivity contribution >= 4 is 34.8 Å². The number of carbonyl (C=O) groups excluding carboxylic acids is 2. The Bertz CT molecular complexity index is 647. The lowest BCUT2D eigenvalue weighted by Crippen LogP contribution is -2.49. The maximum Gasteiger partial charge on any atom is 0.286 e. The molecule has 1 saturated heterocycles. The van der Waals surface area contributed by atoms with Gasteiger partial charge in [-0.15, -0.1) is 0 Å². The Morgan fingerprint density at radius 3 is 2.50 bits per heavy atom. The van der Waals surface area contributed by atoms with Crippen molar-refractivity contribution < 1.29 is 9.59 Å². The summed E-state index contributed by atoms with van der Waals surface area (Å²) in [6.45, 7) is 4.39. The summed E-state index contributed by atoms with van der Waals surface area (Å²) in [6.07, 6.45) is 1.87. The van der Waals surface area contributed by atoms with Crippen LogP contribution in [0.15, 0.2) is 40.2 Å². The van der Waals surface area contributed by atoms with E-state index in [0.29, 0.717) is 18.0 Å². The third-order valence-corrected chi connectivity index (χ3v) is 4.75. The van der Waals surface area contributed by atoms with Crippen molar-refractivity contribution in [2.75, 3.05) is 26.2 Å². The number of aliphatic imine (C=N–C) groups is 1. The first-order valence-electron chi connectivity index (χ1n) is 7.21. The number of carbonyl (C=O) groups is 2. The first kappa shape index (κ1) is 14.8. The summed E-state index contributed by atoms with van der Waals surface area (Å²) in [4.78, 5) is 32.1. The second-order valence-corrected chi connectivity index (χ2v) is 6.22. The van der Waals surface area contributed by atoms with Gasteiger partial charge in [-0.3, -0.25) is 9.59 Å². The molecule has 1 aromatic rings. The van der Waals surface area contributed by atoms with Crippen LogP contribution in [0.25, 0.3) is 6.08 Å². The minimum absolute atomic E-state index is 0.0985. The SMILES string of the molecule is CC(=O)N1CCN(C2=NC(=O)/C(=C/c3ccccc3)S2)CC1. The molecule has 0 aromatic heterocycles. The van der Waals surface area contributed by atoms with Gasteiger partial charge in [0.2, 0.25) is 5.91 Å². The van der Waals surface area contributed by atoms with Gasteiger partial charge in [-0.1, -0.05) is 30.3 Å². The van der Waals surface area contributed by atoms with Gasteiger partial charge >= 0.3 is 0 Å². The molecule has 2 amide bonds. The smallest absolute Gasteiger partial charge is 0.286 e. The molecular weight excluding hydrogens is 298 g/mol. The van der Waals surface area contributed by atoms with E-state index in [1.165, 1.54) is 11.8 Å². The summed E-state index contributed by atoms with van der Waals surface area (Å²) in [5.41, 5.74) is 0.996. The van der Waals surface area contributed by atoms with Gasteiger partial charge in [-0.2, -0.15) is 4.99 Å². The molecule has 0 saturated carbocycles. The summed E-state index contributed by atoms with van der Waals surface area (Å²) in [6, 6.07) is 9.76. The zero-order valence-electron chi connectivity index (χ0n) is 12.4. The minimum atomic E-state index is -0.183. The molecule has 0 N–H and O–H groups in total. The van der Waals surface area contributed by atoms with Crippen LogP contribution in [0.3, 0.4) is 0 Å². The molecule has 0 unspecified atom stereocenters. The molecule has 0 radical (unpaired) electrons.